The molecule has 0 radical (unpaired) electrons. The average molecular weight is 320 g/mol. The summed E-state index contributed by atoms with van der Waals surface area (Å²) in [6, 6.07) is 0. The fourth-order valence-electron chi connectivity index (χ4n) is 2.63. The van der Waals surface area contributed by atoms with Gasteiger partial charge in [0.15, 0.2) is 0 Å². The molecule has 23 heavy (non-hydrogen) atoms. The van der Waals surface area contributed by atoms with E-state index in [1.807, 2.05) is 25.9 Å². The molecule has 7 nitrogen and oxygen atoms in total. The van der Waals surface area contributed by atoms with Crippen LogP contribution in [0.4, 0.5) is 11.9 Å². The number of hydrogen-bond donors (Lipinski definition) is 1. The van der Waals surface area contributed by atoms with Gasteiger partial charge < -0.3 is 15.1 Å². The number of nitrogens with zero attached hydrogens (tertiary/aromatic N) is 5. The number of rotatable bonds is 5. The van der Waals surface area contributed by atoms with Crippen LogP contribution in [-0.2, 0) is 4.79 Å². The van der Waals surface area contributed by atoms with Crippen LogP contribution in [0.25, 0.3) is 0 Å². The number of piperidine rings is 1. The van der Waals surface area contributed by atoms with Gasteiger partial charge in [0.2, 0.25) is 17.8 Å². The molecule has 1 aromatic rings. The van der Waals surface area contributed by atoms with Crippen molar-refractivity contribution in [3.8, 4) is 0 Å². The van der Waals surface area contributed by atoms with Gasteiger partial charge in [-0.1, -0.05) is 13.8 Å². The van der Waals surface area contributed by atoms with Crippen molar-refractivity contribution in [1.82, 2.24) is 20.3 Å². The largest absolute Gasteiger partial charge is 0.356 e. The molecule has 0 bridgehead atoms. The van der Waals surface area contributed by atoms with Crippen LogP contribution in [0.15, 0.2) is 0 Å². The summed E-state index contributed by atoms with van der Waals surface area (Å²) in [5.74, 6) is 2.74. The minimum Gasteiger partial charge on any atom is -0.356 e. The number of hydrogen-bond acceptors (Lipinski definition) is 6. The van der Waals surface area contributed by atoms with Gasteiger partial charge in [-0.05, 0) is 19.8 Å². The molecule has 2 heterocycles. The second-order valence-corrected chi connectivity index (χ2v) is 6.50. The van der Waals surface area contributed by atoms with Gasteiger partial charge in [0.25, 0.3) is 0 Å². The molecule has 1 aromatic heterocycles. The Morgan fingerprint density at radius 1 is 1.26 bits per heavy atom. The Labute approximate surface area is 138 Å². The average Bonchev–Trinajstić information content (AvgIpc) is 2.54. The van der Waals surface area contributed by atoms with Crippen LogP contribution >= 0.6 is 0 Å². The van der Waals surface area contributed by atoms with Crippen molar-refractivity contribution in [2.45, 2.75) is 39.5 Å². The Balaban J connectivity index is 2.12. The van der Waals surface area contributed by atoms with Crippen LogP contribution in [0.1, 0.15) is 45.4 Å². The molecule has 7 heteroatoms. The molecule has 0 aliphatic carbocycles. The van der Waals surface area contributed by atoms with Crippen LogP contribution in [-0.4, -0.2) is 54.6 Å². The smallest absolute Gasteiger partial charge is 0.230 e. The van der Waals surface area contributed by atoms with E-state index in [4.69, 9.17) is 0 Å². The summed E-state index contributed by atoms with van der Waals surface area (Å²) < 4.78 is 0. The third-order valence-electron chi connectivity index (χ3n) is 4.05. The van der Waals surface area contributed by atoms with E-state index >= 15 is 0 Å². The number of amides is 1. The summed E-state index contributed by atoms with van der Waals surface area (Å²) in [5, 5.41) is 2.91. The molecule has 0 unspecified atom stereocenters. The number of nitrogens with one attached hydrogen (secondary N) is 1. The van der Waals surface area contributed by atoms with Crippen molar-refractivity contribution in [2.75, 3.05) is 43.5 Å². The maximum Gasteiger partial charge on any atom is 0.230 e. The molecule has 1 saturated heterocycles. The standard InChI is InChI=1S/C16H28N6O/c1-6-17-14(23)12-7-9-22(10-8-12)16-19-13(11(2)3)18-15(20-16)21(4)5/h11-12H,6-10H2,1-5H3,(H,17,23). The van der Waals surface area contributed by atoms with Crippen molar-refractivity contribution in [3.63, 3.8) is 0 Å². The molecule has 0 saturated carbocycles. The number of carbonyl (C=O) groups excluding carboxylic acids is 1. The zero-order valence-electron chi connectivity index (χ0n) is 14.8. The Hall–Kier alpha value is -1.92. The number of anilines is 2. The molecule has 1 amide bonds. The van der Waals surface area contributed by atoms with Gasteiger partial charge in [-0.25, -0.2) is 0 Å². The first-order valence-electron chi connectivity index (χ1n) is 8.38. The molecule has 1 aliphatic rings. The Bertz CT molecular complexity index is 511. The summed E-state index contributed by atoms with van der Waals surface area (Å²) in [6.45, 7) is 8.41. The van der Waals surface area contributed by atoms with Crippen LogP contribution < -0.4 is 15.1 Å². The SMILES string of the molecule is CCNC(=O)C1CCN(c2nc(C(C)C)nc(N(C)C)n2)CC1. The highest BCUT2D eigenvalue weighted by molar-refractivity contribution is 5.78. The number of carbonyl (C=O) groups is 1. The van der Waals surface area contributed by atoms with Crippen molar-refractivity contribution < 1.29 is 4.79 Å². The Kier molecular flexibility index (Phi) is 5.74. The van der Waals surface area contributed by atoms with E-state index in [1.165, 1.54) is 0 Å². The maximum absolute atomic E-state index is 12.0. The van der Waals surface area contributed by atoms with Crippen molar-refractivity contribution in [1.29, 1.82) is 0 Å². The van der Waals surface area contributed by atoms with E-state index in [0.717, 1.165) is 37.7 Å². The predicted octanol–water partition coefficient (Wildman–Crippen LogP) is 1.41. The normalized spacial score (nSPS) is 15.8. The van der Waals surface area contributed by atoms with E-state index in [0.29, 0.717) is 12.5 Å². The fourth-order valence-corrected chi connectivity index (χ4v) is 2.63. The fraction of sp³-hybridized carbons (Fsp3) is 0.750. The lowest BCUT2D eigenvalue weighted by Crippen LogP contribution is -2.41. The molecular weight excluding hydrogens is 292 g/mol. The zero-order valence-corrected chi connectivity index (χ0v) is 14.8. The van der Waals surface area contributed by atoms with Gasteiger partial charge in [-0.3, -0.25) is 4.79 Å². The molecule has 1 aliphatic heterocycles. The first kappa shape index (κ1) is 17.4. The summed E-state index contributed by atoms with van der Waals surface area (Å²) in [7, 11) is 3.87. The van der Waals surface area contributed by atoms with Gasteiger partial charge >= 0.3 is 0 Å². The van der Waals surface area contributed by atoms with Gasteiger partial charge in [0.1, 0.15) is 5.82 Å². The van der Waals surface area contributed by atoms with E-state index in [2.05, 4.69) is 39.0 Å². The lowest BCUT2D eigenvalue weighted by atomic mass is 9.96. The highest BCUT2D eigenvalue weighted by atomic mass is 16.1. The molecule has 0 atom stereocenters. The van der Waals surface area contributed by atoms with Gasteiger partial charge in [-0.2, -0.15) is 15.0 Å². The molecule has 0 spiro atoms. The van der Waals surface area contributed by atoms with Gasteiger partial charge in [-0.15, -0.1) is 0 Å². The maximum atomic E-state index is 12.0. The molecule has 2 rings (SSSR count). The van der Waals surface area contributed by atoms with Crippen LogP contribution in [0.5, 0.6) is 0 Å². The summed E-state index contributed by atoms with van der Waals surface area (Å²) in [4.78, 5) is 29.7. The minimum atomic E-state index is 0.103. The second-order valence-electron chi connectivity index (χ2n) is 6.50. The van der Waals surface area contributed by atoms with Crippen molar-refractivity contribution in [2.24, 2.45) is 5.92 Å². The lowest BCUT2D eigenvalue weighted by molar-refractivity contribution is -0.125. The first-order valence-corrected chi connectivity index (χ1v) is 8.38. The van der Waals surface area contributed by atoms with E-state index in [9.17, 15) is 4.79 Å². The highest BCUT2D eigenvalue weighted by Gasteiger charge is 2.26. The molecule has 1 N–H and O–H groups in total. The third-order valence-corrected chi connectivity index (χ3v) is 4.05. The van der Waals surface area contributed by atoms with Crippen molar-refractivity contribution >= 4 is 17.8 Å². The first-order chi connectivity index (χ1) is 10.9. The van der Waals surface area contributed by atoms with E-state index in [1.54, 1.807) is 0 Å². The van der Waals surface area contributed by atoms with Gasteiger partial charge in [0, 0.05) is 45.6 Å². The molecule has 0 aromatic carbocycles. The summed E-state index contributed by atoms with van der Waals surface area (Å²) in [5.41, 5.74) is 0. The molecular formula is C16H28N6O. The summed E-state index contributed by atoms with van der Waals surface area (Å²) >= 11 is 0. The van der Waals surface area contributed by atoms with Crippen LogP contribution in [0.2, 0.25) is 0 Å². The Morgan fingerprint density at radius 3 is 2.43 bits per heavy atom. The monoisotopic (exact) mass is 320 g/mol. The highest BCUT2D eigenvalue weighted by Crippen LogP contribution is 2.23. The predicted molar refractivity (Wildman–Crippen MR) is 91.9 cm³/mol. The quantitative estimate of drug-likeness (QED) is 0.884. The number of aromatic nitrogens is 3. The third kappa shape index (κ3) is 4.30. The summed E-state index contributed by atoms with van der Waals surface area (Å²) in [6.07, 6.45) is 1.68. The Morgan fingerprint density at radius 2 is 1.91 bits per heavy atom. The zero-order chi connectivity index (χ0) is 17.0. The topological polar surface area (TPSA) is 74.2 Å². The second kappa shape index (κ2) is 7.57. The van der Waals surface area contributed by atoms with Gasteiger partial charge in [0.05, 0.1) is 0 Å². The molecule has 1 fully saturated rings. The lowest BCUT2D eigenvalue weighted by Gasteiger charge is -2.31. The minimum absolute atomic E-state index is 0.103. The molecule has 128 valence electrons. The van der Waals surface area contributed by atoms with Crippen molar-refractivity contribution in [3.05, 3.63) is 5.82 Å². The van der Waals surface area contributed by atoms with E-state index in [-0.39, 0.29) is 17.7 Å². The van der Waals surface area contributed by atoms with Crippen LogP contribution in [0, 0.1) is 5.92 Å². The van der Waals surface area contributed by atoms with Crippen LogP contribution in [0.3, 0.4) is 0 Å². The van der Waals surface area contributed by atoms with E-state index < -0.39 is 0 Å².